The van der Waals surface area contributed by atoms with E-state index in [0.29, 0.717) is 28.6 Å². The second-order valence-electron chi connectivity index (χ2n) is 13.7. The Hall–Kier alpha value is -0.600. The molecule has 0 radical (unpaired) electrons. The third-order valence-electron chi connectivity index (χ3n) is 12.0. The maximum atomic E-state index is 10.8. The van der Waals surface area contributed by atoms with Gasteiger partial charge in [0.25, 0.3) is 0 Å². The Morgan fingerprint density at radius 2 is 1.72 bits per heavy atom. The van der Waals surface area contributed by atoms with Crippen molar-refractivity contribution in [2.24, 2.45) is 45.3 Å². The van der Waals surface area contributed by atoms with Crippen molar-refractivity contribution in [3.63, 3.8) is 0 Å². The fourth-order valence-electron chi connectivity index (χ4n) is 9.54. The summed E-state index contributed by atoms with van der Waals surface area (Å²) in [4.78, 5) is 0. The highest BCUT2D eigenvalue weighted by molar-refractivity contribution is 5.32. The molecule has 0 aromatic heterocycles. The van der Waals surface area contributed by atoms with Crippen LogP contribution in [0.25, 0.3) is 0 Å². The number of rotatable bonds is 5. The lowest BCUT2D eigenvalue weighted by molar-refractivity contribution is -0.118. The Kier molecular flexibility index (Phi) is 6.11. The largest absolute Gasteiger partial charge is 0.393 e. The first-order valence-electron chi connectivity index (χ1n) is 13.5. The first-order valence-corrected chi connectivity index (χ1v) is 13.5. The molecule has 4 rings (SSSR count). The topological polar surface area (TPSA) is 40.5 Å². The van der Waals surface area contributed by atoms with E-state index in [1.54, 1.807) is 5.57 Å². The molecule has 2 N–H and O–H groups in total. The van der Waals surface area contributed by atoms with Gasteiger partial charge in [0.2, 0.25) is 0 Å². The van der Waals surface area contributed by atoms with Gasteiger partial charge < -0.3 is 10.2 Å². The lowest BCUT2D eigenvalue weighted by Crippen LogP contribution is -2.57. The normalized spacial score (nSPS) is 47.0. The van der Waals surface area contributed by atoms with Crippen molar-refractivity contribution in [1.29, 1.82) is 0 Å². The molecule has 182 valence electrons. The lowest BCUT2D eigenvalue weighted by Gasteiger charge is -2.64. The molecule has 0 bridgehead atoms. The summed E-state index contributed by atoms with van der Waals surface area (Å²) in [7, 11) is 0. The minimum Gasteiger partial charge on any atom is -0.393 e. The van der Waals surface area contributed by atoms with Gasteiger partial charge in [-0.2, -0.15) is 0 Å². The van der Waals surface area contributed by atoms with Gasteiger partial charge in [-0.15, -0.1) is 0 Å². The first-order chi connectivity index (χ1) is 14.8. The van der Waals surface area contributed by atoms with Crippen LogP contribution in [0.1, 0.15) is 106 Å². The Balaban J connectivity index is 1.61. The van der Waals surface area contributed by atoms with Crippen LogP contribution in [0, 0.1) is 45.3 Å². The van der Waals surface area contributed by atoms with Crippen molar-refractivity contribution in [2.45, 2.75) is 118 Å². The van der Waals surface area contributed by atoms with Gasteiger partial charge in [-0.05, 0) is 110 Å². The van der Waals surface area contributed by atoms with Crippen molar-refractivity contribution in [3.05, 3.63) is 23.8 Å². The predicted molar refractivity (Wildman–Crippen MR) is 134 cm³/mol. The minimum atomic E-state index is -0.351. The molecule has 0 aromatic rings. The molecule has 0 spiro atoms. The third kappa shape index (κ3) is 3.33. The summed E-state index contributed by atoms with van der Waals surface area (Å²) in [5.74, 6) is 2.67. The number of aliphatic hydroxyl groups excluding tert-OH is 2. The van der Waals surface area contributed by atoms with Gasteiger partial charge in [-0.25, -0.2) is 0 Å². The van der Waals surface area contributed by atoms with Crippen molar-refractivity contribution < 1.29 is 10.2 Å². The predicted octanol–water partition coefficient (Wildman–Crippen LogP) is 7.31. The Morgan fingerprint density at radius 3 is 2.38 bits per heavy atom. The molecular formula is C30H50O2. The molecule has 3 fully saturated rings. The summed E-state index contributed by atoms with van der Waals surface area (Å²) < 4.78 is 0. The maximum Gasteiger partial charge on any atom is 0.0744 e. The molecule has 0 amide bonds. The fraction of sp³-hybridized carbons (Fsp3) is 0.867. The zero-order chi connectivity index (χ0) is 23.7. The average molecular weight is 443 g/mol. The molecule has 0 aromatic carbocycles. The highest BCUT2D eigenvalue weighted by Gasteiger charge is 2.65. The highest BCUT2D eigenvalue weighted by atomic mass is 16.3. The molecule has 0 aliphatic heterocycles. The van der Waals surface area contributed by atoms with E-state index >= 15 is 0 Å². The Morgan fingerprint density at radius 1 is 1.03 bits per heavy atom. The molecular weight excluding hydrogens is 392 g/mol. The number of hydrogen-bond acceptors (Lipinski definition) is 2. The van der Waals surface area contributed by atoms with Crippen LogP contribution in [0.2, 0.25) is 0 Å². The van der Waals surface area contributed by atoms with Gasteiger partial charge in [0.1, 0.15) is 0 Å². The smallest absolute Gasteiger partial charge is 0.0744 e. The van der Waals surface area contributed by atoms with Gasteiger partial charge >= 0.3 is 0 Å². The number of fused-ring (bicyclic) bond motifs is 5. The van der Waals surface area contributed by atoms with E-state index < -0.39 is 0 Å². The molecule has 32 heavy (non-hydrogen) atoms. The monoisotopic (exact) mass is 442 g/mol. The molecule has 0 saturated heterocycles. The fourth-order valence-corrected chi connectivity index (χ4v) is 9.54. The highest BCUT2D eigenvalue weighted by Crippen LogP contribution is 2.73. The minimum absolute atomic E-state index is 0.0112. The average Bonchev–Trinajstić information content (AvgIpc) is 3.00. The van der Waals surface area contributed by atoms with Gasteiger partial charge in [0, 0.05) is 0 Å². The summed E-state index contributed by atoms with van der Waals surface area (Å²) in [6.07, 6.45) is 12.7. The second-order valence-corrected chi connectivity index (χ2v) is 13.7. The van der Waals surface area contributed by atoms with Crippen LogP contribution >= 0.6 is 0 Å². The maximum absolute atomic E-state index is 10.8. The molecule has 4 aliphatic carbocycles. The second kappa shape index (κ2) is 7.98. The van der Waals surface area contributed by atoms with E-state index in [-0.39, 0.29) is 23.0 Å². The third-order valence-corrected chi connectivity index (χ3v) is 12.0. The van der Waals surface area contributed by atoms with Gasteiger partial charge in [0.05, 0.1) is 12.2 Å². The molecule has 2 nitrogen and oxygen atoms in total. The van der Waals surface area contributed by atoms with E-state index in [9.17, 15) is 10.2 Å². The zero-order valence-electron chi connectivity index (χ0n) is 22.0. The quantitative estimate of drug-likeness (QED) is 0.438. The summed E-state index contributed by atoms with van der Waals surface area (Å²) in [6.45, 7) is 20.8. The van der Waals surface area contributed by atoms with Crippen LogP contribution in [0.15, 0.2) is 23.8 Å². The van der Waals surface area contributed by atoms with Crippen LogP contribution in [0.5, 0.6) is 0 Å². The van der Waals surface area contributed by atoms with Crippen LogP contribution in [-0.2, 0) is 0 Å². The lowest BCUT2D eigenvalue weighted by atomic mass is 9.41. The standard InChI is InChI=1S/C30H50O2/c1-19(2)24(31)11-9-20(3)21-13-17-30(8)23-10-12-25-27(4,5)26(32)15-16-28(25,6)22(23)14-18-29(21,30)7/h14,20-21,23-26,31-32H,1,9-13,15-18H2,2-8H3/t20-,21-,23-,24-,25?,26+,28-,29-,30+/m1/s1. The van der Waals surface area contributed by atoms with E-state index in [2.05, 4.69) is 54.2 Å². The van der Waals surface area contributed by atoms with Crippen LogP contribution in [0.3, 0.4) is 0 Å². The van der Waals surface area contributed by atoms with E-state index in [0.717, 1.165) is 37.2 Å². The van der Waals surface area contributed by atoms with E-state index in [1.807, 2.05) is 6.92 Å². The molecule has 3 saturated carbocycles. The summed E-state index contributed by atoms with van der Waals surface area (Å²) >= 11 is 0. The zero-order valence-corrected chi connectivity index (χ0v) is 22.0. The van der Waals surface area contributed by atoms with E-state index in [4.69, 9.17) is 0 Å². The van der Waals surface area contributed by atoms with Crippen LogP contribution < -0.4 is 0 Å². The molecule has 1 unspecified atom stereocenters. The molecule has 9 atom stereocenters. The van der Waals surface area contributed by atoms with Crippen molar-refractivity contribution >= 4 is 0 Å². The van der Waals surface area contributed by atoms with E-state index in [1.165, 1.54) is 32.1 Å². The molecule has 4 aliphatic rings. The summed E-state index contributed by atoms with van der Waals surface area (Å²) in [5.41, 5.74) is 3.65. The van der Waals surface area contributed by atoms with Crippen molar-refractivity contribution in [2.75, 3.05) is 0 Å². The summed E-state index contributed by atoms with van der Waals surface area (Å²) in [5, 5.41) is 21.1. The number of aliphatic hydroxyl groups is 2. The summed E-state index contributed by atoms with van der Waals surface area (Å²) in [6, 6.07) is 0. The van der Waals surface area contributed by atoms with Gasteiger partial charge in [-0.3, -0.25) is 0 Å². The molecule has 2 heteroatoms. The van der Waals surface area contributed by atoms with Gasteiger partial charge in [-0.1, -0.05) is 65.3 Å². The van der Waals surface area contributed by atoms with Crippen LogP contribution in [0.4, 0.5) is 0 Å². The van der Waals surface area contributed by atoms with Crippen molar-refractivity contribution in [3.8, 4) is 0 Å². The SMILES string of the molecule is C=C(C)[C@H](O)CC[C@@H](C)[C@H]1CC[C@@]2(C)[C@@H]3CCC4C(C)(C)[C@@H](O)CC[C@]4(C)C3=CC[C@]12C. The van der Waals surface area contributed by atoms with Crippen molar-refractivity contribution in [1.82, 2.24) is 0 Å². The number of hydrogen-bond donors (Lipinski definition) is 2. The van der Waals surface area contributed by atoms with Gasteiger partial charge in [0.15, 0.2) is 0 Å². The Labute approximate surface area is 198 Å². The first kappa shape index (κ1) is 24.5. The Bertz CT molecular complexity index is 780. The number of allylic oxidation sites excluding steroid dienone is 2. The molecule has 0 heterocycles. The van der Waals surface area contributed by atoms with Crippen LogP contribution in [-0.4, -0.2) is 22.4 Å².